The molecule has 0 radical (unpaired) electrons. The molecule has 0 amide bonds. The van der Waals surface area contributed by atoms with E-state index < -0.39 is 64.2 Å². The van der Waals surface area contributed by atoms with Crippen molar-refractivity contribution in [3.63, 3.8) is 0 Å². The van der Waals surface area contributed by atoms with Crippen LogP contribution in [0.3, 0.4) is 0 Å². The van der Waals surface area contributed by atoms with Crippen LogP contribution in [0.4, 0.5) is 10.2 Å². The normalized spacial score (nSPS) is 31.3. The lowest BCUT2D eigenvalue weighted by atomic mass is 10.2. The van der Waals surface area contributed by atoms with Crippen LogP contribution in [0.2, 0.25) is 0 Å². The minimum Gasteiger partial charge on any atom is -0.385 e. The first-order chi connectivity index (χ1) is 13.4. The Morgan fingerprint density at radius 1 is 1.20 bits per heavy atom. The first kappa shape index (κ1) is 25.5. The molecule has 2 heterocycles. The number of hydrogen-bond donors (Lipinski definition) is 8. The highest BCUT2D eigenvalue weighted by molar-refractivity contribution is 7.71. The molecular weight excluding hydrogens is 504 g/mol. The fraction of sp³-hybridized carbons (Fsp3) is 0.500. The third-order valence-electron chi connectivity index (χ3n) is 3.22. The topological polar surface area (TPSA) is 279 Å². The van der Waals surface area contributed by atoms with Gasteiger partial charge in [0.15, 0.2) is 24.0 Å². The van der Waals surface area contributed by atoms with Crippen LogP contribution in [0.1, 0.15) is 6.23 Å². The van der Waals surface area contributed by atoms with Gasteiger partial charge in [-0.1, -0.05) is 0 Å². The zero-order chi connectivity index (χ0) is 23.3. The number of halogens is 1. The lowest BCUT2D eigenvalue weighted by molar-refractivity contribution is -0.223. The van der Waals surface area contributed by atoms with Gasteiger partial charge >= 0.3 is 23.5 Å². The molecule has 0 bridgehead atoms. The van der Waals surface area contributed by atoms with Crippen molar-refractivity contribution in [2.45, 2.75) is 24.3 Å². The van der Waals surface area contributed by atoms with Gasteiger partial charge in [-0.3, -0.25) is 10.3 Å². The summed E-state index contributed by atoms with van der Waals surface area (Å²) in [5.74, 6) is -4.89. The van der Waals surface area contributed by atoms with E-state index in [0.717, 1.165) is 0 Å². The number of phosphoric ester groups is 1. The summed E-state index contributed by atoms with van der Waals surface area (Å²) in [5.41, 5.74) is 10.7. The average molecular weight is 518 g/mol. The third-order valence-corrected chi connectivity index (χ3v) is 7.36. The minimum absolute atomic E-state index is 0.479. The van der Waals surface area contributed by atoms with E-state index in [4.69, 9.17) is 43.1 Å². The van der Waals surface area contributed by atoms with Crippen molar-refractivity contribution < 1.29 is 65.8 Å². The first-order valence-corrected chi connectivity index (χ1v) is 12.0. The predicted octanol–water partition coefficient (Wildman–Crippen LogP) is -1.46. The standard InChI is InChI=1S/C8H14FN4O13P3S/c9-2-1-13(7(30)12-5(2)10)6-3(14)4(15)8(11,23-6)24-28(19,20)26-29(21,22)25-27(16,17)18/h1,3-4,6,14-15H,11H2,(H,19,20)(H,21,22)(H2,10,12,30)(H2,16,17,18)/t3?,4?,6?,8-/m0/s1. The van der Waals surface area contributed by atoms with Crippen molar-refractivity contribution >= 4 is 41.5 Å². The number of phosphoric acid groups is 3. The minimum atomic E-state index is -5.90. The second-order valence-corrected chi connectivity index (χ2v) is 10.2. The molecule has 1 aromatic heterocycles. The van der Waals surface area contributed by atoms with Gasteiger partial charge in [0.05, 0.1) is 0 Å². The van der Waals surface area contributed by atoms with Gasteiger partial charge in [-0.15, -0.1) is 0 Å². The van der Waals surface area contributed by atoms with E-state index in [1.54, 1.807) is 0 Å². The highest BCUT2D eigenvalue weighted by Gasteiger charge is 2.58. The average Bonchev–Trinajstić information content (AvgIpc) is 2.70. The molecule has 0 spiro atoms. The number of aliphatic hydroxyl groups excluding tert-OH is 2. The number of anilines is 1. The zero-order valence-electron chi connectivity index (χ0n) is 14.0. The molecule has 0 saturated carbocycles. The Labute approximate surface area is 170 Å². The fourth-order valence-corrected chi connectivity index (χ4v) is 5.54. The highest BCUT2D eigenvalue weighted by Crippen LogP contribution is 2.67. The molecule has 172 valence electrons. The van der Waals surface area contributed by atoms with E-state index in [2.05, 4.69) is 18.1 Å². The summed E-state index contributed by atoms with van der Waals surface area (Å²) in [6.45, 7) is 0. The maximum Gasteiger partial charge on any atom is 0.490 e. The summed E-state index contributed by atoms with van der Waals surface area (Å²) in [7, 11) is -17.4. The largest absolute Gasteiger partial charge is 0.490 e. The number of aliphatic hydroxyl groups is 2. The molecule has 30 heavy (non-hydrogen) atoms. The molecule has 22 heteroatoms. The lowest BCUT2D eigenvalue weighted by Crippen LogP contribution is -2.52. The summed E-state index contributed by atoms with van der Waals surface area (Å²) in [6.07, 6.45) is -5.75. The number of aromatic nitrogens is 2. The van der Waals surface area contributed by atoms with Crippen molar-refractivity contribution in [1.82, 2.24) is 9.55 Å². The first-order valence-electron chi connectivity index (χ1n) is 7.07. The Morgan fingerprint density at radius 2 is 1.77 bits per heavy atom. The Kier molecular flexibility index (Phi) is 7.09. The van der Waals surface area contributed by atoms with Crippen molar-refractivity contribution in [2.75, 3.05) is 5.73 Å². The molecule has 1 fully saturated rings. The monoisotopic (exact) mass is 518 g/mol. The molecule has 0 aromatic carbocycles. The fourth-order valence-electron chi connectivity index (χ4n) is 2.14. The predicted molar refractivity (Wildman–Crippen MR) is 91.4 cm³/mol. The third kappa shape index (κ3) is 5.95. The van der Waals surface area contributed by atoms with Gasteiger partial charge in [-0.05, 0) is 12.2 Å². The number of nitrogens with zero attached hydrogens (tertiary/aromatic N) is 2. The SMILES string of the molecule is Nc1nc(=S)n(C2O[C@](N)(OP(=O)(O)OP(=O)(O)OP(=O)(O)O)C(O)C2O)cc1F. The van der Waals surface area contributed by atoms with Gasteiger partial charge in [0.2, 0.25) is 4.77 Å². The summed E-state index contributed by atoms with van der Waals surface area (Å²) < 4.78 is 63.8. The summed E-state index contributed by atoms with van der Waals surface area (Å²) in [4.78, 5) is 39.0. The number of ether oxygens (including phenoxy) is 1. The molecule has 0 aliphatic carbocycles. The zero-order valence-corrected chi connectivity index (χ0v) is 17.5. The molecule has 1 saturated heterocycles. The van der Waals surface area contributed by atoms with E-state index in [1.165, 1.54) is 0 Å². The van der Waals surface area contributed by atoms with Crippen LogP contribution in [0.5, 0.6) is 0 Å². The second kappa shape index (κ2) is 8.32. The van der Waals surface area contributed by atoms with Gasteiger partial charge in [-0.25, -0.2) is 22.6 Å². The van der Waals surface area contributed by atoms with Crippen molar-refractivity contribution in [3.05, 3.63) is 16.8 Å². The van der Waals surface area contributed by atoms with Gasteiger partial charge < -0.3 is 40.3 Å². The maximum atomic E-state index is 13.7. The van der Waals surface area contributed by atoms with Gasteiger partial charge in [0.25, 0.3) is 5.91 Å². The van der Waals surface area contributed by atoms with E-state index in [-0.39, 0.29) is 0 Å². The van der Waals surface area contributed by atoms with Crippen LogP contribution in [0, 0.1) is 10.6 Å². The van der Waals surface area contributed by atoms with Crippen LogP contribution in [-0.4, -0.2) is 57.5 Å². The number of nitrogen functional groups attached to an aromatic ring is 1. The van der Waals surface area contributed by atoms with Crippen LogP contribution in [0.25, 0.3) is 0 Å². The smallest absolute Gasteiger partial charge is 0.385 e. The van der Waals surface area contributed by atoms with Crippen molar-refractivity contribution in [2.24, 2.45) is 5.73 Å². The summed E-state index contributed by atoms with van der Waals surface area (Å²) in [6, 6.07) is 0. The molecular formula is C8H14FN4O13P3S. The van der Waals surface area contributed by atoms with Crippen molar-refractivity contribution in [1.29, 1.82) is 0 Å². The molecule has 10 N–H and O–H groups in total. The van der Waals surface area contributed by atoms with E-state index in [9.17, 15) is 33.2 Å². The Morgan fingerprint density at radius 3 is 2.30 bits per heavy atom. The van der Waals surface area contributed by atoms with Gasteiger partial charge in [0, 0.05) is 6.20 Å². The van der Waals surface area contributed by atoms with Crippen LogP contribution >= 0.6 is 35.7 Å². The van der Waals surface area contributed by atoms with Crippen LogP contribution < -0.4 is 11.5 Å². The molecule has 1 aliphatic heterocycles. The molecule has 17 nitrogen and oxygen atoms in total. The number of hydrogen-bond acceptors (Lipinski definition) is 13. The second-order valence-electron chi connectivity index (χ2n) is 5.51. The summed E-state index contributed by atoms with van der Waals surface area (Å²) in [5, 5.41) is 20.1. The molecule has 2 rings (SSSR count). The van der Waals surface area contributed by atoms with Crippen LogP contribution in [-0.2, 0) is 31.6 Å². The molecule has 5 unspecified atom stereocenters. The number of nitrogens with two attached hydrogens (primary N) is 2. The van der Waals surface area contributed by atoms with E-state index >= 15 is 0 Å². The van der Waals surface area contributed by atoms with Crippen LogP contribution in [0.15, 0.2) is 6.20 Å². The van der Waals surface area contributed by atoms with E-state index in [0.29, 0.717) is 10.8 Å². The summed E-state index contributed by atoms with van der Waals surface area (Å²) >= 11 is 4.80. The quantitative estimate of drug-likeness (QED) is 0.116. The maximum absolute atomic E-state index is 13.7. The lowest BCUT2D eigenvalue weighted by Gasteiger charge is -2.28. The Hall–Kier alpha value is -0.720. The van der Waals surface area contributed by atoms with Gasteiger partial charge in [0.1, 0.15) is 6.10 Å². The Balaban J connectivity index is 2.29. The van der Waals surface area contributed by atoms with E-state index in [1.807, 2.05) is 0 Å². The Bertz CT molecular complexity index is 1030. The molecule has 6 atom stereocenters. The van der Waals surface area contributed by atoms with Gasteiger partial charge in [-0.2, -0.15) is 13.6 Å². The molecule has 1 aliphatic rings. The van der Waals surface area contributed by atoms with Crippen molar-refractivity contribution in [3.8, 4) is 0 Å². The highest BCUT2D eigenvalue weighted by atomic mass is 32.1. The molecule has 1 aromatic rings. The number of rotatable bonds is 7.